The summed E-state index contributed by atoms with van der Waals surface area (Å²) < 4.78 is 71.1. The largest absolute Gasteiger partial charge is 0.417 e. The fourth-order valence-electron chi connectivity index (χ4n) is 5.24. The topological polar surface area (TPSA) is 106 Å². The van der Waals surface area contributed by atoms with Gasteiger partial charge in [-0.15, -0.1) is 0 Å². The van der Waals surface area contributed by atoms with Crippen molar-refractivity contribution < 1.29 is 26.7 Å². The third-order valence-electron chi connectivity index (χ3n) is 7.65. The van der Waals surface area contributed by atoms with E-state index in [0.717, 1.165) is 50.6 Å². The van der Waals surface area contributed by atoms with E-state index >= 15 is 8.78 Å². The number of carbonyl (C=O) groups is 1. The molecule has 0 bridgehead atoms. The fourth-order valence-corrected chi connectivity index (χ4v) is 5.24. The third kappa shape index (κ3) is 5.64. The number of rotatable bonds is 4. The predicted octanol–water partition coefficient (Wildman–Crippen LogP) is 2.81. The molecule has 5 heterocycles. The molecule has 2 aliphatic heterocycles. The SMILES string of the molecule is CN1CCN(c2n[nH]c3ncc(N4CC[C@H](N(C)C(=O)Nc5cc(C(F)(F)F)cn(C)c5=O)C(F)(F)C4)cc23)CC1. The summed E-state index contributed by atoms with van der Waals surface area (Å²) in [6.45, 7) is 2.72. The summed E-state index contributed by atoms with van der Waals surface area (Å²) in [5.41, 5.74) is -1.70. The van der Waals surface area contributed by atoms with Crippen molar-refractivity contribution in [1.29, 1.82) is 0 Å². The Kier molecular flexibility index (Phi) is 7.29. The number of nitrogens with one attached hydrogen (secondary N) is 2. The van der Waals surface area contributed by atoms with E-state index in [1.165, 1.54) is 11.1 Å². The van der Waals surface area contributed by atoms with E-state index in [-0.39, 0.29) is 13.0 Å². The zero-order valence-corrected chi connectivity index (χ0v) is 22.7. The maximum atomic E-state index is 15.4. The van der Waals surface area contributed by atoms with Gasteiger partial charge < -0.3 is 29.5 Å². The van der Waals surface area contributed by atoms with Crippen molar-refractivity contribution >= 4 is 34.3 Å². The number of fused-ring (bicyclic) bond motifs is 1. The summed E-state index contributed by atoms with van der Waals surface area (Å²) in [7, 11) is 4.27. The maximum absolute atomic E-state index is 15.4. The number of H-pyrrole nitrogens is 1. The Morgan fingerprint density at radius 3 is 2.49 bits per heavy atom. The summed E-state index contributed by atoms with van der Waals surface area (Å²) in [4.78, 5) is 36.0. The molecule has 3 aromatic heterocycles. The van der Waals surface area contributed by atoms with E-state index in [0.29, 0.717) is 34.0 Å². The molecule has 2 aliphatic rings. The molecule has 222 valence electrons. The van der Waals surface area contributed by atoms with Crippen LogP contribution in [0.1, 0.15) is 12.0 Å². The monoisotopic (exact) mass is 583 g/mol. The molecule has 2 N–H and O–H groups in total. The van der Waals surface area contributed by atoms with Crippen LogP contribution in [0.25, 0.3) is 11.0 Å². The van der Waals surface area contributed by atoms with Gasteiger partial charge in [-0.05, 0) is 25.6 Å². The average Bonchev–Trinajstić information content (AvgIpc) is 3.33. The lowest BCUT2D eigenvalue weighted by Crippen LogP contribution is -2.59. The predicted molar refractivity (Wildman–Crippen MR) is 143 cm³/mol. The first-order chi connectivity index (χ1) is 19.2. The number of hydrogen-bond donors (Lipinski definition) is 2. The van der Waals surface area contributed by atoms with Crippen LogP contribution in [-0.2, 0) is 13.2 Å². The molecule has 0 spiro atoms. The average molecular weight is 584 g/mol. The second-order valence-corrected chi connectivity index (χ2v) is 10.5. The molecule has 0 radical (unpaired) electrons. The van der Waals surface area contributed by atoms with Gasteiger partial charge in [-0.1, -0.05) is 0 Å². The highest BCUT2D eigenvalue weighted by Gasteiger charge is 2.48. The summed E-state index contributed by atoms with van der Waals surface area (Å²) in [6, 6.07) is -0.405. The van der Waals surface area contributed by atoms with Gasteiger partial charge in [0.25, 0.3) is 11.5 Å². The van der Waals surface area contributed by atoms with Crippen LogP contribution in [0.5, 0.6) is 0 Å². The number of hydrogen-bond acceptors (Lipinski definition) is 7. The van der Waals surface area contributed by atoms with E-state index in [4.69, 9.17) is 0 Å². The maximum Gasteiger partial charge on any atom is 0.417 e. The Balaban J connectivity index is 1.31. The molecule has 41 heavy (non-hydrogen) atoms. The lowest BCUT2D eigenvalue weighted by atomic mass is 9.99. The number of urea groups is 1. The Hall–Kier alpha value is -3.95. The Labute approximate surface area is 231 Å². The summed E-state index contributed by atoms with van der Waals surface area (Å²) in [6.07, 6.45) is -2.82. The fraction of sp³-hybridized carbons (Fsp3) is 0.520. The molecule has 11 nitrogen and oxygen atoms in total. The number of alkyl halides is 5. The minimum Gasteiger partial charge on any atom is -0.364 e. The van der Waals surface area contributed by atoms with Gasteiger partial charge in [0.05, 0.1) is 29.4 Å². The zero-order valence-electron chi connectivity index (χ0n) is 22.7. The van der Waals surface area contributed by atoms with E-state index in [2.05, 4.69) is 30.3 Å². The summed E-state index contributed by atoms with van der Waals surface area (Å²) in [5.74, 6) is -2.67. The van der Waals surface area contributed by atoms with Gasteiger partial charge in [0.15, 0.2) is 11.5 Å². The van der Waals surface area contributed by atoms with E-state index < -0.39 is 47.5 Å². The van der Waals surface area contributed by atoms with E-state index in [1.54, 1.807) is 6.07 Å². The van der Waals surface area contributed by atoms with Crippen molar-refractivity contribution in [2.24, 2.45) is 7.05 Å². The third-order valence-corrected chi connectivity index (χ3v) is 7.65. The van der Waals surface area contributed by atoms with Gasteiger partial charge in [-0.3, -0.25) is 9.89 Å². The van der Waals surface area contributed by atoms with Crippen LogP contribution in [0.4, 0.5) is 43.9 Å². The summed E-state index contributed by atoms with van der Waals surface area (Å²) in [5, 5.41) is 10.1. The first kappa shape index (κ1) is 28.6. The van der Waals surface area contributed by atoms with Crippen molar-refractivity contribution in [2.75, 3.05) is 68.5 Å². The highest BCUT2D eigenvalue weighted by atomic mass is 19.4. The Morgan fingerprint density at radius 2 is 1.83 bits per heavy atom. The second kappa shape index (κ2) is 10.5. The van der Waals surface area contributed by atoms with Crippen LogP contribution in [0.15, 0.2) is 29.3 Å². The highest BCUT2D eigenvalue weighted by molar-refractivity contribution is 5.90. The molecule has 1 atom stereocenters. The standard InChI is InChI=1S/C25H30F5N9O2/c1-35-6-8-38(9-7-35)21-17-11-16(12-31-20(17)33-34-21)39-5-4-19(24(26,27)14-39)37(3)23(41)32-18-10-15(25(28,29)30)13-36(2)22(18)40/h10-13,19H,4-9,14H2,1-3H3,(H,32,41)(H,31,33,34)/t19-/m0/s1. The lowest BCUT2D eigenvalue weighted by molar-refractivity contribution is -0.138. The molecular weight excluding hydrogens is 553 g/mol. The molecule has 5 rings (SSSR count). The number of nitrogens with zero attached hydrogens (tertiary/aromatic N) is 7. The molecule has 0 aromatic carbocycles. The zero-order chi connectivity index (χ0) is 29.7. The van der Waals surface area contributed by atoms with Gasteiger partial charge in [0.1, 0.15) is 11.7 Å². The molecular formula is C25H30F5N9O2. The van der Waals surface area contributed by atoms with Gasteiger partial charge >= 0.3 is 12.2 Å². The molecule has 2 saturated heterocycles. The first-order valence-corrected chi connectivity index (χ1v) is 13.0. The number of aryl methyl sites for hydroxylation is 1. The van der Waals surface area contributed by atoms with E-state index in [9.17, 15) is 22.8 Å². The second-order valence-electron chi connectivity index (χ2n) is 10.5. The number of amides is 2. The molecule has 0 aliphatic carbocycles. The van der Waals surface area contributed by atoms with Crippen LogP contribution in [0, 0.1) is 0 Å². The van der Waals surface area contributed by atoms with Crippen LogP contribution in [-0.4, -0.2) is 101 Å². The Morgan fingerprint density at radius 1 is 1.12 bits per heavy atom. The van der Waals surface area contributed by atoms with Gasteiger partial charge in [0, 0.05) is 53.0 Å². The van der Waals surface area contributed by atoms with Gasteiger partial charge in [-0.2, -0.15) is 18.3 Å². The molecule has 3 aromatic rings. The number of carbonyl (C=O) groups excluding carboxylic acids is 1. The van der Waals surface area contributed by atoms with Crippen LogP contribution >= 0.6 is 0 Å². The molecule has 2 amide bonds. The molecule has 16 heteroatoms. The number of piperidine rings is 1. The van der Waals surface area contributed by atoms with Crippen molar-refractivity contribution in [2.45, 2.75) is 24.6 Å². The molecule has 0 unspecified atom stereocenters. The normalized spacial score (nSPS) is 20.0. The van der Waals surface area contributed by atoms with Gasteiger partial charge in [0.2, 0.25) is 0 Å². The van der Waals surface area contributed by atoms with Crippen LogP contribution in [0.3, 0.4) is 0 Å². The first-order valence-electron chi connectivity index (χ1n) is 13.0. The summed E-state index contributed by atoms with van der Waals surface area (Å²) >= 11 is 0. The highest BCUT2D eigenvalue weighted by Crippen LogP contribution is 2.35. The minimum atomic E-state index is -4.77. The van der Waals surface area contributed by atoms with Crippen molar-refractivity contribution in [3.05, 3.63) is 40.4 Å². The smallest absolute Gasteiger partial charge is 0.364 e. The number of pyridine rings is 2. The minimum absolute atomic E-state index is 0.133. The quantitative estimate of drug-likeness (QED) is 0.455. The van der Waals surface area contributed by atoms with E-state index in [1.807, 2.05) is 7.05 Å². The van der Waals surface area contributed by atoms with Crippen molar-refractivity contribution in [3.8, 4) is 0 Å². The molecule has 0 saturated carbocycles. The number of halogens is 5. The number of piperazine rings is 1. The number of likely N-dealkylation sites (N-methyl/N-ethyl adjacent to an activating group) is 1. The number of aromatic amines is 1. The molecule has 2 fully saturated rings. The number of aromatic nitrogens is 4. The van der Waals surface area contributed by atoms with Crippen LogP contribution in [0.2, 0.25) is 0 Å². The van der Waals surface area contributed by atoms with Crippen molar-refractivity contribution in [3.63, 3.8) is 0 Å². The van der Waals surface area contributed by atoms with Gasteiger partial charge in [-0.25, -0.2) is 18.6 Å². The van der Waals surface area contributed by atoms with Crippen LogP contribution < -0.4 is 20.7 Å². The Bertz CT molecular complexity index is 1500. The number of anilines is 3. The van der Waals surface area contributed by atoms with Crippen molar-refractivity contribution in [1.82, 2.24) is 29.5 Å². The lowest BCUT2D eigenvalue weighted by Gasteiger charge is -2.42.